The Morgan fingerprint density at radius 3 is 2.67 bits per heavy atom. The first-order valence-corrected chi connectivity index (χ1v) is 7.52. The average Bonchev–Trinajstić information content (AvgIpc) is 2.45. The fraction of sp³-hybridized carbons (Fsp3) is 0.600. The van der Waals surface area contributed by atoms with E-state index in [1.807, 2.05) is 0 Å². The van der Waals surface area contributed by atoms with Crippen molar-refractivity contribution in [1.82, 2.24) is 5.43 Å². The summed E-state index contributed by atoms with van der Waals surface area (Å²) in [6.45, 7) is 0. The van der Waals surface area contributed by atoms with Crippen LogP contribution in [0.1, 0.15) is 36.6 Å². The van der Waals surface area contributed by atoms with Gasteiger partial charge in [-0.3, -0.25) is 11.3 Å². The molecule has 1 fully saturated rings. The first kappa shape index (κ1) is 12.0. The first-order chi connectivity index (χ1) is 7.20. The number of nitrogens with two attached hydrogens (primary N) is 1. The van der Waals surface area contributed by atoms with Crippen LogP contribution in [-0.2, 0) is 0 Å². The molecule has 0 spiro atoms. The summed E-state index contributed by atoms with van der Waals surface area (Å²) < 4.78 is 2.27. The molecule has 1 aliphatic rings. The van der Waals surface area contributed by atoms with E-state index in [1.165, 1.54) is 24.1 Å². The molecular weight excluding hydrogens is 340 g/mol. The summed E-state index contributed by atoms with van der Waals surface area (Å²) in [5.41, 5.74) is 2.93. The first-order valence-electron chi connectivity index (χ1n) is 5.11. The standard InChI is InChI=1S/C10H14Br2N2S/c11-7-5-9(15-10(7)12)8(14-13)4-6-2-1-3-6/h5-6,8,14H,1-4,13H2. The Morgan fingerprint density at radius 1 is 1.53 bits per heavy atom. The molecule has 1 aliphatic carbocycles. The molecule has 1 unspecified atom stereocenters. The summed E-state index contributed by atoms with van der Waals surface area (Å²) >= 11 is 8.77. The summed E-state index contributed by atoms with van der Waals surface area (Å²) in [5.74, 6) is 6.48. The van der Waals surface area contributed by atoms with Crippen molar-refractivity contribution in [3.8, 4) is 0 Å². The van der Waals surface area contributed by atoms with Crippen molar-refractivity contribution in [3.05, 3.63) is 19.2 Å². The SMILES string of the molecule is NNC(CC1CCC1)c1cc(Br)c(Br)s1. The number of nitrogens with one attached hydrogen (secondary N) is 1. The second kappa shape index (κ2) is 5.27. The van der Waals surface area contributed by atoms with E-state index >= 15 is 0 Å². The van der Waals surface area contributed by atoms with Gasteiger partial charge in [0, 0.05) is 9.35 Å². The molecule has 1 saturated carbocycles. The summed E-state index contributed by atoms with van der Waals surface area (Å²) in [7, 11) is 0. The molecule has 0 saturated heterocycles. The van der Waals surface area contributed by atoms with E-state index in [2.05, 4.69) is 43.4 Å². The molecule has 0 bridgehead atoms. The fourth-order valence-corrected chi connectivity index (χ4v) is 4.03. The van der Waals surface area contributed by atoms with Crippen LogP contribution in [0.25, 0.3) is 0 Å². The number of rotatable bonds is 4. The third-order valence-corrected chi connectivity index (χ3v) is 6.37. The minimum atomic E-state index is 0.308. The second-order valence-corrected chi connectivity index (χ2v) is 7.28. The van der Waals surface area contributed by atoms with E-state index in [-0.39, 0.29) is 0 Å². The van der Waals surface area contributed by atoms with Gasteiger partial charge in [0.2, 0.25) is 0 Å². The Labute approximate surface area is 111 Å². The molecule has 0 aromatic carbocycles. The molecule has 84 valence electrons. The quantitative estimate of drug-likeness (QED) is 0.634. The van der Waals surface area contributed by atoms with Gasteiger partial charge in [0.15, 0.2) is 0 Å². The molecule has 15 heavy (non-hydrogen) atoms. The van der Waals surface area contributed by atoms with Gasteiger partial charge < -0.3 is 0 Å². The third kappa shape index (κ3) is 2.82. The lowest BCUT2D eigenvalue weighted by atomic mass is 9.81. The Hall–Kier alpha value is 0.580. The normalized spacial score (nSPS) is 18.9. The van der Waals surface area contributed by atoms with Crippen LogP contribution < -0.4 is 11.3 Å². The highest BCUT2D eigenvalue weighted by Crippen LogP contribution is 2.40. The Morgan fingerprint density at radius 2 is 2.27 bits per heavy atom. The van der Waals surface area contributed by atoms with E-state index in [4.69, 9.17) is 5.84 Å². The molecule has 2 rings (SSSR count). The number of hydrazine groups is 1. The van der Waals surface area contributed by atoms with Crippen molar-refractivity contribution < 1.29 is 0 Å². The monoisotopic (exact) mass is 352 g/mol. The van der Waals surface area contributed by atoms with Crippen LogP contribution in [0.15, 0.2) is 14.3 Å². The smallest absolute Gasteiger partial charge is 0.0843 e. The molecule has 2 nitrogen and oxygen atoms in total. The Kier molecular flexibility index (Phi) is 4.24. The zero-order valence-corrected chi connectivity index (χ0v) is 12.3. The minimum absolute atomic E-state index is 0.308. The van der Waals surface area contributed by atoms with E-state index in [0.717, 1.165) is 20.6 Å². The van der Waals surface area contributed by atoms with Gasteiger partial charge in [-0.05, 0) is 50.3 Å². The third-order valence-electron chi connectivity index (χ3n) is 3.00. The maximum Gasteiger partial charge on any atom is 0.0843 e. The van der Waals surface area contributed by atoms with Gasteiger partial charge in [0.25, 0.3) is 0 Å². The van der Waals surface area contributed by atoms with E-state index < -0.39 is 0 Å². The molecule has 0 radical (unpaired) electrons. The molecule has 3 N–H and O–H groups in total. The minimum Gasteiger partial charge on any atom is -0.271 e. The van der Waals surface area contributed by atoms with E-state index in [9.17, 15) is 0 Å². The van der Waals surface area contributed by atoms with Crippen molar-refractivity contribution >= 4 is 43.2 Å². The van der Waals surface area contributed by atoms with Crippen LogP contribution in [0.4, 0.5) is 0 Å². The lowest BCUT2D eigenvalue weighted by Gasteiger charge is -2.28. The van der Waals surface area contributed by atoms with Crippen molar-refractivity contribution in [2.75, 3.05) is 0 Å². The Bertz CT molecular complexity index is 317. The van der Waals surface area contributed by atoms with E-state index in [0.29, 0.717) is 6.04 Å². The summed E-state index contributed by atoms with van der Waals surface area (Å²) in [6, 6.07) is 2.46. The maximum absolute atomic E-state index is 5.62. The van der Waals surface area contributed by atoms with Crippen molar-refractivity contribution in [2.45, 2.75) is 31.7 Å². The van der Waals surface area contributed by atoms with Gasteiger partial charge in [0.1, 0.15) is 0 Å². The highest BCUT2D eigenvalue weighted by atomic mass is 79.9. The second-order valence-electron chi connectivity index (χ2n) is 4.02. The van der Waals surface area contributed by atoms with Crippen LogP contribution in [0.5, 0.6) is 0 Å². The summed E-state index contributed by atoms with van der Waals surface area (Å²) in [5, 5.41) is 0. The van der Waals surface area contributed by atoms with Crippen LogP contribution in [0.3, 0.4) is 0 Å². The van der Waals surface area contributed by atoms with Gasteiger partial charge in [-0.1, -0.05) is 19.3 Å². The van der Waals surface area contributed by atoms with Crippen LogP contribution in [-0.4, -0.2) is 0 Å². The van der Waals surface area contributed by atoms with Gasteiger partial charge in [0.05, 0.1) is 9.83 Å². The molecule has 0 aliphatic heterocycles. The number of halogens is 2. The fourth-order valence-electron chi connectivity index (χ4n) is 1.86. The summed E-state index contributed by atoms with van der Waals surface area (Å²) in [4.78, 5) is 1.31. The molecule has 1 aromatic heterocycles. The zero-order chi connectivity index (χ0) is 10.8. The van der Waals surface area contributed by atoms with Crippen LogP contribution in [0, 0.1) is 5.92 Å². The predicted octanol–water partition coefficient (Wildman–Crippen LogP) is 3.97. The lowest BCUT2D eigenvalue weighted by Crippen LogP contribution is -2.30. The number of hydrogen-bond acceptors (Lipinski definition) is 3. The maximum atomic E-state index is 5.62. The molecule has 5 heteroatoms. The average molecular weight is 354 g/mol. The van der Waals surface area contributed by atoms with Crippen molar-refractivity contribution in [3.63, 3.8) is 0 Å². The van der Waals surface area contributed by atoms with Crippen LogP contribution >= 0.6 is 43.2 Å². The van der Waals surface area contributed by atoms with Gasteiger partial charge in [-0.2, -0.15) is 0 Å². The van der Waals surface area contributed by atoms with Gasteiger partial charge in [-0.15, -0.1) is 11.3 Å². The Balaban J connectivity index is 2.04. The van der Waals surface area contributed by atoms with Crippen LogP contribution in [0.2, 0.25) is 0 Å². The highest BCUT2D eigenvalue weighted by Gasteiger charge is 2.23. The molecule has 0 amide bonds. The topological polar surface area (TPSA) is 38.0 Å². The highest BCUT2D eigenvalue weighted by molar-refractivity contribution is 9.13. The lowest BCUT2D eigenvalue weighted by molar-refractivity contribution is 0.263. The zero-order valence-electron chi connectivity index (χ0n) is 8.30. The largest absolute Gasteiger partial charge is 0.271 e. The predicted molar refractivity (Wildman–Crippen MR) is 71.7 cm³/mol. The molecule has 1 aromatic rings. The van der Waals surface area contributed by atoms with Gasteiger partial charge >= 0.3 is 0 Å². The number of thiophene rings is 1. The molecular formula is C10H14Br2N2S. The van der Waals surface area contributed by atoms with E-state index in [1.54, 1.807) is 11.3 Å². The van der Waals surface area contributed by atoms with Crippen molar-refractivity contribution in [1.29, 1.82) is 0 Å². The van der Waals surface area contributed by atoms with Gasteiger partial charge in [-0.25, -0.2) is 0 Å². The van der Waals surface area contributed by atoms with Crippen molar-refractivity contribution in [2.24, 2.45) is 11.8 Å². The number of hydrogen-bond donors (Lipinski definition) is 2. The molecule has 1 atom stereocenters. The summed E-state index contributed by atoms with van der Waals surface area (Å²) in [6.07, 6.45) is 5.29. The molecule has 1 heterocycles.